The number of hydrogen-bond donors (Lipinski definition) is 1. The van der Waals surface area contributed by atoms with Crippen molar-refractivity contribution in [1.82, 2.24) is 9.88 Å². The maximum atomic E-state index is 13.5. The molecule has 0 spiro atoms. The van der Waals surface area contributed by atoms with Gasteiger partial charge in [0.2, 0.25) is 0 Å². The first-order chi connectivity index (χ1) is 8.83. The molecule has 0 saturated carbocycles. The lowest BCUT2D eigenvalue weighted by atomic mass is 10.2. The molecule has 0 saturated heterocycles. The molecular weight excluding hydrogens is 231 g/mol. The zero-order valence-electron chi connectivity index (χ0n) is 10.7. The number of hydrogen-bond acceptors (Lipinski definition) is 2. The minimum atomic E-state index is -0.157. The Morgan fingerprint density at radius 3 is 3.00 bits per heavy atom. The monoisotopic (exact) mass is 250 g/mol. The molecule has 0 aliphatic heterocycles. The summed E-state index contributed by atoms with van der Waals surface area (Å²) in [6.07, 6.45) is 1.93. The van der Waals surface area contributed by atoms with Crippen LogP contribution in [0.3, 0.4) is 0 Å². The molecule has 0 atom stereocenters. The van der Waals surface area contributed by atoms with Crippen LogP contribution in [0.4, 0.5) is 4.39 Å². The lowest BCUT2D eigenvalue weighted by molar-refractivity contribution is 0.149. The molecule has 0 radical (unpaired) electrons. The lowest BCUT2D eigenvalue weighted by Crippen LogP contribution is -2.23. The van der Waals surface area contributed by atoms with Crippen molar-refractivity contribution in [2.75, 3.05) is 26.3 Å². The van der Waals surface area contributed by atoms with Gasteiger partial charge in [-0.15, -0.1) is 0 Å². The van der Waals surface area contributed by atoms with Crippen LogP contribution in [-0.4, -0.2) is 30.9 Å². The minimum Gasteiger partial charge on any atom is -0.380 e. The van der Waals surface area contributed by atoms with Crippen molar-refractivity contribution in [3.05, 3.63) is 36.3 Å². The predicted octanol–water partition coefficient (Wildman–Crippen LogP) is 2.41. The molecular formula is C14H19FN2O. The van der Waals surface area contributed by atoms with E-state index < -0.39 is 0 Å². The van der Waals surface area contributed by atoms with E-state index in [-0.39, 0.29) is 5.82 Å². The fourth-order valence-electron chi connectivity index (χ4n) is 1.99. The fraction of sp³-hybridized carbons (Fsp3) is 0.429. The van der Waals surface area contributed by atoms with Crippen molar-refractivity contribution in [1.29, 1.82) is 0 Å². The second-order valence-electron chi connectivity index (χ2n) is 4.13. The van der Waals surface area contributed by atoms with Crippen molar-refractivity contribution in [2.45, 2.75) is 13.5 Å². The van der Waals surface area contributed by atoms with Crippen LogP contribution in [0.25, 0.3) is 10.9 Å². The van der Waals surface area contributed by atoms with E-state index in [1.54, 1.807) is 6.07 Å². The van der Waals surface area contributed by atoms with Gasteiger partial charge < -0.3 is 14.6 Å². The number of benzene rings is 1. The van der Waals surface area contributed by atoms with Gasteiger partial charge in [0.15, 0.2) is 0 Å². The van der Waals surface area contributed by atoms with Crippen LogP contribution in [0, 0.1) is 5.82 Å². The highest BCUT2D eigenvalue weighted by Gasteiger charge is 2.04. The maximum absolute atomic E-state index is 13.5. The summed E-state index contributed by atoms with van der Waals surface area (Å²) < 4.78 is 20.8. The fourth-order valence-corrected chi connectivity index (χ4v) is 1.99. The van der Waals surface area contributed by atoms with Gasteiger partial charge in [-0.3, -0.25) is 0 Å². The summed E-state index contributed by atoms with van der Waals surface area (Å²) in [4.78, 5) is 0. The number of nitrogens with one attached hydrogen (secondary N) is 1. The summed E-state index contributed by atoms with van der Waals surface area (Å²) in [5, 5.41) is 3.99. The van der Waals surface area contributed by atoms with Crippen LogP contribution >= 0.6 is 0 Å². The summed E-state index contributed by atoms with van der Waals surface area (Å²) in [6, 6.07) is 7.01. The molecule has 2 aromatic rings. The van der Waals surface area contributed by atoms with E-state index >= 15 is 0 Å². The predicted molar refractivity (Wildman–Crippen MR) is 71.3 cm³/mol. The molecule has 0 bridgehead atoms. The van der Waals surface area contributed by atoms with E-state index in [0.29, 0.717) is 5.39 Å². The molecule has 1 aromatic heterocycles. The summed E-state index contributed by atoms with van der Waals surface area (Å²) in [5.74, 6) is -0.157. The van der Waals surface area contributed by atoms with Crippen LogP contribution in [0.1, 0.15) is 6.92 Å². The Morgan fingerprint density at radius 2 is 2.17 bits per heavy atom. The Balaban J connectivity index is 1.86. The minimum absolute atomic E-state index is 0.157. The van der Waals surface area contributed by atoms with Gasteiger partial charge in [0.05, 0.1) is 12.1 Å². The van der Waals surface area contributed by atoms with Crippen molar-refractivity contribution in [2.24, 2.45) is 0 Å². The summed E-state index contributed by atoms with van der Waals surface area (Å²) in [6.45, 7) is 6.01. The van der Waals surface area contributed by atoms with Gasteiger partial charge in [-0.25, -0.2) is 4.39 Å². The number of aromatic nitrogens is 1. The molecule has 1 N–H and O–H groups in total. The third kappa shape index (κ3) is 3.09. The maximum Gasteiger partial charge on any atom is 0.132 e. The topological polar surface area (TPSA) is 26.2 Å². The van der Waals surface area contributed by atoms with Crippen LogP contribution in [0.2, 0.25) is 0 Å². The summed E-state index contributed by atoms with van der Waals surface area (Å²) >= 11 is 0. The quantitative estimate of drug-likeness (QED) is 0.764. The molecule has 0 aliphatic rings. The number of rotatable bonds is 7. The van der Waals surface area contributed by atoms with E-state index in [0.717, 1.165) is 38.4 Å². The molecule has 0 unspecified atom stereocenters. The smallest absolute Gasteiger partial charge is 0.132 e. The van der Waals surface area contributed by atoms with Crippen molar-refractivity contribution < 1.29 is 9.13 Å². The SMILES string of the molecule is CCOCCNCCn1ccc2c(F)cccc21. The van der Waals surface area contributed by atoms with Gasteiger partial charge in [0, 0.05) is 37.8 Å². The van der Waals surface area contributed by atoms with Crippen LogP contribution in [0.5, 0.6) is 0 Å². The van der Waals surface area contributed by atoms with Gasteiger partial charge in [-0.2, -0.15) is 0 Å². The van der Waals surface area contributed by atoms with E-state index in [1.807, 2.05) is 25.3 Å². The molecule has 1 aromatic carbocycles. The number of ether oxygens (including phenoxy) is 1. The third-order valence-corrected chi connectivity index (χ3v) is 2.92. The van der Waals surface area contributed by atoms with Gasteiger partial charge in [0.1, 0.15) is 5.82 Å². The van der Waals surface area contributed by atoms with Crippen LogP contribution in [-0.2, 0) is 11.3 Å². The average molecular weight is 250 g/mol. The van der Waals surface area contributed by atoms with Crippen molar-refractivity contribution in [3.63, 3.8) is 0 Å². The lowest BCUT2D eigenvalue weighted by Gasteiger charge is -2.07. The first-order valence-electron chi connectivity index (χ1n) is 6.34. The number of fused-ring (bicyclic) bond motifs is 1. The Morgan fingerprint density at radius 1 is 1.28 bits per heavy atom. The molecule has 18 heavy (non-hydrogen) atoms. The highest BCUT2D eigenvalue weighted by molar-refractivity contribution is 5.80. The Kier molecular flexibility index (Phi) is 4.73. The molecule has 0 fully saturated rings. The van der Waals surface area contributed by atoms with Crippen molar-refractivity contribution >= 4 is 10.9 Å². The second-order valence-corrected chi connectivity index (χ2v) is 4.13. The standard InChI is InChI=1S/C14H19FN2O/c1-2-18-11-8-16-7-10-17-9-6-12-13(15)4-3-5-14(12)17/h3-6,9,16H,2,7-8,10-11H2,1H3. The molecule has 4 heteroatoms. The molecule has 0 aliphatic carbocycles. The molecule has 98 valence electrons. The summed E-state index contributed by atoms with van der Waals surface area (Å²) in [5.41, 5.74) is 0.946. The highest BCUT2D eigenvalue weighted by atomic mass is 19.1. The third-order valence-electron chi connectivity index (χ3n) is 2.92. The molecule has 3 nitrogen and oxygen atoms in total. The zero-order valence-corrected chi connectivity index (χ0v) is 10.7. The second kappa shape index (κ2) is 6.52. The average Bonchev–Trinajstić information content (AvgIpc) is 2.79. The first-order valence-corrected chi connectivity index (χ1v) is 6.34. The van der Waals surface area contributed by atoms with Crippen LogP contribution in [0.15, 0.2) is 30.5 Å². The Labute approximate surface area is 107 Å². The van der Waals surface area contributed by atoms with Crippen LogP contribution < -0.4 is 5.32 Å². The van der Waals surface area contributed by atoms with E-state index in [9.17, 15) is 4.39 Å². The Bertz CT molecular complexity index is 495. The molecule has 0 amide bonds. The van der Waals surface area contributed by atoms with Gasteiger partial charge in [0.25, 0.3) is 0 Å². The van der Waals surface area contributed by atoms with Gasteiger partial charge in [-0.05, 0) is 25.1 Å². The van der Waals surface area contributed by atoms with Crippen molar-refractivity contribution in [3.8, 4) is 0 Å². The van der Waals surface area contributed by atoms with E-state index in [4.69, 9.17) is 4.74 Å². The summed E-state index contributed by atoms with van der Waals surface area (Å²) in [7, 11) is 0. The molecule has 1 heterocycles. The first kappa shape index (κ1) is 13.1. The Hall–Kier alpha value is -1.39. The number of nitrogens with zero attached hydrogens (tertiary/aromatic N) is 1. The van der Waals surface area contributed by atoms with E-state index in [2.05, 4.69) is 9.88 Å². The van der Waals surface area contributed by atoms with E-state index in [1.165, 1.54) is 6.07 Å². The van der Waals surface area contributed by atoms with Gasteiger partial charge in [-0.1, -0.05) is 6.07 Å². The molecule has 2 rings (SSSR count). The zero-order chi connectivity index (χ0) is 12.8. The highest BCUT2D eigenvalue weighted by Crippen LogP contribution is 2.18. The normalized spacial score (nSPS) is 11.2. The number of halogens is 1. The largest absolute Gasteiger partial charge is 0.380 e. The van der Waals surface area contributed by atoms with Gasteiger partial charge >= 0.3 is 0 Å².